The maximum atomic E-state index is 12.7. The molecular formula is C27H27BO6S. The number of phenols is 1. The molecule has 5 rings (SSSR count). The highest BCUT2D eigenvalue weighted by Gasteiger charge is 2.48. The van der Waals surface area contributed by atoms with Crippen LogP contribution in [0.4, 0.5) is 0 Å². The van der Waals surface area contributed by atoms with Crippen LogP contribution in [0.2, 0.25) is 6.32 Å². The van der Waals surface area contributed by atoms with Gasteiger partial charge in [-0.3, -0.25) is 0 Å². The molecule has 35 heavy (non-hydrogen) atoms. The molecule has 2 aliphatic rings. The van der Waals surface area contributed by atoms with Crippen molar-refractivity contribution in [2.24, 2.45) is 0 Å². The van der Waals surface area contributed by atoms with Crippen molar-refractivity contribution < 1.29 is 28.3 Å². The quantitative estimate of drug-likeness (QED) is 0.276. The van der Waals surface area contributed by atoms with Crippen molar-refractivity contribution in [3.63, 3.8) is 0 Å². The number of aliphatic hydroxyl groups excluding tert-OH is 1. The third kappa shape index (κ3) is 4.67. The van der Waals surface area contributed by atoms with Crippen LogP contribution in [0, 0.1) is 0 Å². The van der Waals surface area contributed by atoms with Crippen LogP contribution in [0.15, 0.2) is 77.9 Å². The van der Waals surface area contributed by atoms with E-state index in [0.29, 0.717) is 24.0 Å². The predicted molar refractivity (Wildman–Crippen MR) is 138 cm³/mol. The van der Waals surface area contributed by atoms with Crippen molar-refractivity contribution in [1.82, 2.24) is 0 Å². The molecule has 0 spiro atoms. The first-order valence-electron chi connectivity index (χ1n) is 11.7. The van der Waals surface area contributed by atoms with Gasteiger partial charge in [0.2, 0.25) is 0 Å². The number of fused-ring (bicyclic) bond motifs is 2. The van der Waals surface area contributed by atoms with Crippen LogP contribution < -0.4 is 0 Å². The maximum absolute atomic E-state index is 12.7. The van der Waals surface area contributed by atoms with Crippen molar-refractivity contribution >= 4 is 39.4 Å². The first-order chi connectivity index (χ1) is 16.9. The number of benzene rings is 3. The second-order valence-electron chi connectivity index (χ2n) is 9.12. The van der Waals surface area contributed by atoms with Crippen LogP contribution >= 0.6 is 0 Å². The van der Waals surface area contributed by atoms with E-state index in [1.54, 1.807) is 6.07 Å². The van der Waals surface area contributed by atoms with Crippen LogP contribution in [0.5, 0.6) is 5.75 Å². The van der Waals surface area contributed by atoms with E-state index >= 15 is 0 Å². The van der Waals surface area contributed by atoms with Crippen LogP contribution in [0.1, 0.15) is 24.0 Å². The van der Waals surface area contributed by atoms with Gasteiger partial charge in [0.15, 0.2) is 9.84 Å². The second-order valence-corrected chi connectivity index (χ2v) is 11.3. The average molecular weight is 490 g/mol. The third-order valence-corrected chi connectivity index (χ3v) is 8.99. The minimum Gasteiger partial charge on any atom is -0.507 e. The molecule has 1 saturated heterocycles. The Morgan fingerprint density at radius 1 is 1.03 bits per heavy atom. The molecular weight excluding hydrogens is 463 g/mol. The zero-order valence-corrected chi connectivity index (χ0v) is 20.0. The summed E-state index contributed by atoms with van der Waals surface area (Å²) in [4.78, 5) is 0. The van der Waals surface area contributed by atoms with E-state index < -0.39 is 28.3 Å². The number of aromatic hydroxyl groups is 1. The summed E-state index contributed by atoms with van der Waals surface area (Å²) >= 11 is 0. The van der Waals surface area contributed by atoms with Gasteiger partial charge in [0.05, 0.1) is 23.7 Å². The Morgan fingerprint density at radius 2 is 1.74 bits per heavy atom. The summed E-state index contributed by atoms with van der Waals surface area (Å²) in [6.07, 6.45) is 2.51. The molecule has 2 heterocycles. The molecule has 0 aromatic heterocycles. The fourth-order valence-corrected chi connectivity index (χ4v) is 7.39. The molecule has 0 unspecified atom stereocenters. The van der Waals surface area contributed by atoms with Gasteiger partial charge in [0.25, 0.3) is 0 Å². The fraction of sp³-hybridized carbons (Fsp3) is 0.259. The Kier molecular flexibility index (Phi) is 6.55. The van der Waals surface area contributed by atoms with E-state index in [0.717, 1.165) is 27.5 Å². The van der Waals surface area contributed by atoms with E-state index in [2.05, 4.69) is 6.08 Å². The third-order valence-electron chi connectivity index (χ3n) is 6.92. The summed E-state index contributed by atoms with van der Waals surface area (Å²) in [5, 5.41) is 31.3. The standard InChI is InChI=1S/C27H27BO6S/c29-16-21-17-35(32,33)26-15-28(31)34-25(27(21)26)13-11-19(18-6-2-1-3-7-18)14-20-10-12-24(30)23-9-5-4-8-22(20)23/h1-10,12,14,25-26,29-31H,11,13,15-17H2/b19-14-/t25-,26+/m1/s1. The maximum Gasteiger partial charge on any atom is 0.456 e. The number of hydrogen-bond donors (Lipinski definition) is 3. The SMILES string of the molecule is O=S1(=O)CC(CO)=C2[C@@H](CC/C(=C/c3ccc(O)c4ccccc34)c3ccccc3)OB(O)C[C@@H]21. The Bertz CT molecular complexity index is 1410. The second kappa shape index (κ2) is 9.62. The molecule has 0 amide bonds. The highest BCUT2D eigenvalue weighted by Crippen LogP contribution is 2.40. The van der Waals surface area contributed by atoms with Gasteiger partial charge < -0.3 is 19.9 Å². The van der Waals surface area contributed by atoms with Gasteiger partial charge in [0, 0.05) is 11.7 Å². The molecule has 0 saturated carbocycles. The van der Waals surface area contributed by atoms with Crippen molar-refractivity contribution in [3.8, 4) is 5.75 Å². The van der Waals surface area contributed by atoms with Gasteiger partial charge in [-0.25, -0.2) is 8.42 Å². The summed E-state index contributed by atoms with van der Waals surface area (Å²) in [5.74, 6) is 0.0392. The predicted octanol–water partition coefficient (Wildman–Crippen LogP) is 3.83. The van der Waals surface area contributed by atoms with Gasteiger partial charge in [-0.2, -0.15) is 0 Å². The minimum atomic E-state index is -3.45. The zero-order valence-electron chi connectivity index (χ0n) is 19.2. The lowest BCUT2D eigenvalue weighted by molar-refractivity contribution is 0.169. The molecule has 2 atom stereocenters. The Morgan fingerprint density at radius 3 is 2.49 bits per heavy atom. The molecule has 2 aliphatic heterocycles. The number of rotatable bonds is 6. The lowest BCUT2D eigenvalue weighted by Gasteiger charge is -2.32. The first kappa shape index (κ1) is 23.8. The zero-order chi connectivity index (χ0) is 24.6. The number of phenolic OH excluding ortho intramolecular Hbond substituents is 1. The summed E-state index contributed by atoms with van der Waals surface area (Å²) < 4.78 is 31.1. The Balaban J connectivity index is 1.51. The van der Waals surface area contributed by atoms with E-state index in [1.807, 2.05) is 60.7 Å². The topological polar surface area (TPSA) is 104 Å². The van der Waals surface area contributed by atoms with Gasteiger partial charge in [-0.1, -0.05) is 66.7 Å². The Labute approximate surface area is 205 Å². The Hall–Kier alpha value is -2.91. The molecule has 3 N–H and O–H groups in total. The van der Waals surface area contributed by atoms with Crippen molar-refractivity contribution in [2.45, 2.75) is 30.5 Å². The van der Waals surface area contributed by atoms with Crippen LogP contribution in [-0.2, 0) is 14.5 Å². The number of hydrogen-bond acceptors (Lipinski definition) is 6. The highest BCUT2D eigenvalue weighted by atomic mass is 32.2. The molecule has 0 radical (unpaired) electrons. The average Bonchev–Trinajstić information content (AvgIpc) is 3.13. The lowest BCUT2D eigenvalue weighted by Crippen LogP contribution is -2.42. The summed E-state index contributed by atoms with van der Waals surface area (Å²) in [7, 11) is -4.61. The van der Waals surface area contributed by atoms with Gasteiger partial charge in [-0.15, -0.1) is 0 Å². The van der Waals surface area contributed by atoms with Crippen molar-refractivity contribution in [3.05, 3.63) is 89.0 Å². The van der Waals surface area contributed by atoms with Crippen LogP contribution in [0.25, 0.3) is 22.4 Å². The molecule has 8 heteroatoms. The van der Waals surface area contributed by atoms with Gasteiger partial charge in [-0.05, 0) is 52.1 Å². The summed E-state index contributed by atoms with van der Waals surface area (Å²) in [5.41, 5.74) is 4.10. The molecule has 0 bridgehead atoms. The molecule has 3 aromatic rings. The number of sulfone groups is 1. The first-order valence-corrected chi connectivity index (χ1v) is 13.4. The number of allylic oxidation sites excluding steroid dienone is 1. The molecule has 0 aliphatic carbocycles. The summed E-state index contributed by atoms with van der Waals surface area (Å²) in [6.45, 7) is -0.331. The van der Waals surface area contributed by atoms with Crippen LogP contribution in [0.3, 0.4) is 0 Å². The van der Waals surface area contributed by atoms with Gasteiger partial charge in [0.1, 0.15) is 5.75 Å². The molecule has 1 fully saturated rings. The molecule has 6 nitrogen and oxygen atoms in total. The number of aliphatic hydroxyl groups is 1. The van der Waals surface area contributed by atoms with E-state index in [4.69, 9.17) is 4.65 Å². The lowest BCUT2D eigenvalue weighted by atomic mass is 9.74. The largest absolute Gasteiger partial charge is 0.507 e. The normalized spacial score (nSPS) is 22.0. The van der Waals surface area contributed by atoms with Gasteiger partial charge >= 0.3 is 7.12 Å². The molecule has 180 valence electrons. The van der Waals surface area contributed by atoms with E-state index in [9.17, 15) is 23.7 Å². The van der Waals surface area contributed by atoms with Crippen molar-refractivity contribution in [1.29, 1.82) is 0 Å². The smallest absolute Gasteiger partial charge is 0.456 e. The van der Waals surface area contributed by atoms with E-state index in [1.165, 1.54) is 0 Å². The fourth-order valence-electron chi connectivity index (χ4n) is 5.28. The molecule has 3 aromatic carbocycles. The van der Waals surface area contributed by atoms with E-state index in [-0.39, 0.29) is 24.4 Å². The minimum absolute atomic E-state index is 0.00144. The van der Waals surface area contributed by atoms with Crippen molar-refractivity contribution in [2.75, 3.05) is 12.4 Å². The highest BCUT2D eigenvalue weighted by molar-refractivity contribution is 7.92. The van der Waals surface area contributed by atoms with Crippen LogP contribution in [-0.4, -0.2) is 54.5 Å². The monoisotopic (exact) mass is 490 g/mol. The summed E-state index contributed by atoms with van der Waals surface area (Å²) in [6, 6.07) is 21.1.